The van der Waals surface area contributed by atoms with E-state index in [9.17, 15) is 9.59 Å². The molecule has 6 heteroatoms. The highest BCUT2D eigenvalue weighted by Crippen LogP contribution is 2.13. The van der Waals surface area contributed by atoms with Crippen molar-refractivity contribution in [3.8, 4) is 5.75 Å². The quantitative estimate of drug-likeness (QED) is 0.770. The molecule has 2 aromatic rings. The summed E-state index contributed by atoms with van der Waals surface area (Å²) in [5.74, 6) is 0.608. The van der Waals surface area contributed by atoms with Crippen LogP contribution in [0.2, 0.25) is 5.02 Å². The number of hydrogen-bond donors (Lipinski definition) is 1. The highest BCUT2D eigenvalue weighted by atomic mass is 35.5. The predicted octanol–water partition coefficient (Wildman–Crippen LogP) is 3.40. The van der Waals surface area contributed by atoms with Gasteiger partial charge in [0.05, 0.1) is 7.11 Å². The molecular formula is C20H23ClN2O3. The monoisotopic (exact) mass is 374 g/mol. The van der Waals surface area contributed by atoms with Crippen molar-refractivity contribution in [1.29, 1.82) is 0 Å². The summed E-state index contributed by atoms with van der Waals surface area (Å²) < 4.78 is 5.13. The van der Waals surface area contributed by atoms with Gasteiger partial charge in [0.25, 0.3) is 0 Å². The number of ether oxygens (including phenoxy) is 1. The number of nitrogens with zero attached hydrogens (tertiary/aromatic N) is 1. The maximum Gasteiger partial charge on any atom is 0.222 e. The summed E-state index contributed by atoms with van der Waals surface area (Å²) in [4.78, 5) is 25.6. The summed E-state index contributed by atoms with van der Waals surface area (Å²) in [7, 11) is 1.61. The number of halogens is 1. The molecule has 26 heavy (non-hydrogen) atoms. The third-order valence-electron chi connectivity index (χ3n) is 3.99. The van der Waals surface area contributed by atoms with Gasteiger partial charge in [-0.15, -0.1) is 0 Å². The first kappa shape index (κ1) is 19.8. The minimum atomic E-state index is -0.0964. The van der Waals surface area contributed by atoms with Crippen molar-refractivity contribution >= 4 is 23.4 Å². The first-order chi connectivity index (χ1) is 12.5. The normalized spacial score (nSPS) is 10.3. The Balaban J connectivity index is 1.82. The maximum absolute atomic E-state index is 12.1. The second-order valence-corrected chi connectivity index (χ2v) is 6.38. The van der Waals surface area contributed by atoms with Gasteiger partial charge in [0.15, 0.2) is 0 Å². The van der Waals surface area contributed by atoms with Crippen LogP contribution in [0.5, 0.6) is 5.75 Å². The Morgan fingerprint density at radius 2 is 1.65 bits per heavy atom. The predicted molar refractivity (Wildman–Crippen MR) is 102 cm³/mol. The molecule has 2 rings (SSSR count). The van der Waals surface area contributed by atoms with Crippen molar-refractivity contribution in [2.45, 2.75) is 26.4 Å². The van der Waals surface area contributed by atoms with Gasteiger partial charge in [-0.25, -0.2) is 0 Å². The Morgan fingerprint density at radius 3 is 2.23 bits per heavy atom. The third-order valence-corrected chi connectivity index (χ3v) is 4.24. The van der Waals surface area contributed by atoms with E-state index in [-0.39, 0.29) is 18.2 Å². The fraction of sp³-hybridized carbons (Fsp3) is 0.300. The van der Waals surface area contributed by atoms with Gasteiger partial charge in [-0.2, -0.15) is 0 Å². The van der Waals surface area contributed by atoms with E-state index in [1.54, 1.807) is 24.1 Å². The van der Waals surface area contributed by atoms with Gasteiger partial charge in [0.2, 0.25) is 11.8 Å². The van der Waals surface area contributed by atoms with Crippen LogP contribution in [-0.4, -0.2) is 30.4 Å². The zero-order valence-corrected chi connectivity index (χ0v) is 15.8. The number of carbonyl (C=O) groups excluding carboxylic acids is 2. The number of hydrogen-bond acceptors (Lipinski definition) is 3. The molecule has 0 aliphatic heterocycles. The van der Waals surface area contributed by atoms with Crippen LogP contribution in [0, 0.1) is 0 Å². The molecule has 0 fully saturated rings. The molecule has 2 aromatic carbocycles. The largest absolute Gasteiger partial charge is 0.497 e. The number of benzene rings is 2. The lowest BCUT2D eigenvalue weighted by atomic mass is 10.2. The number of nitrogens with one attached hydrogen (secondary N) is 1. The molecule has 0 aliphatic carbocycles. The molecule has 1 N–H and O–H groups in total. The lowest BCUT2D eigenvalue weighted by molar-refractivity contribution is -0.130. The van der Waals surface area contributed by atoms with E-state index in [2.05, 4.69) is 5.32 Å². The van der Waals surface area contributed by atoms with Crippen LogP contribution in [0.1, 0.15) is 24.5 Å². The molecule has 0 atom stereocenters. The Kier molecular flexibility index (Phi) is 7.48. The van der Waals surface area contributed by atoms with Crippen LogP contribution in [0.4, 0.5) is 0 Å². The average Bonchev–Trinajstić information content (AvgIpc) is 2.65. The van der Waals surface area contributed by atoms with Gasteiger partial charge in [-0.3, -0.25) is 9.59 Å². The van der Waals surface area contributed by atoms with Gasteiger partial charge >= 0.3 is 0 Å². The molecule has 5 nitrogen and oxygen atoms in total. The summed E-state index contributed by atoms with van der Waals surface area (Å²) in [6.45, 7) is 2.78. The van der Waals surface area contributed by atoms with Crippen LogP contribution in [0.3, 0.4) is 0 Å². The lowest BCUT2D eigenvalue weighted by Gasteiger charge is -2.21. The summed E-state index contributed by atoms with van der Waals surface area (Å²) in [6, 6.07) is 14.8. The molecule has 0 unspecified atom stereocenters. The van der Waals surface area contributed by atoms with Crippen LogP contribution in [0.15, 0.2) is 48.5 Å². The standard InChI is InChI=1S/C20H23ClN2O3/c1-15(24)23(14-17-5-9-19(26-2)10-6-17)12-11-20(25)22-13-16-3-7-18(21)8-4-16/h3-10H,11-14H2,1-2H3,(H,22,25). The minimum absolute atomic E-state index is 0.0636. The van der Waals surface area contributed by atoms with E-state index in [0.29, 0.717) is 24.7 Å². The first-order valence-corrected chi connectivity index (χ1v) is 8.75. The SMILES string of the molecule is COc1ccc(CN(CCC(=O)NCc2ccc(Cl)cc2)C(C)=O)cc1. The molecule has 0 spiro atoms. The number of rotatable bonds is 8. The van der Waals surface area contributed by atoms with Crippen molar-refractivity contribution < 1.29 is 14.3 Å². The summed E-state index contributed by atoms with van der Waals surface area (Å²) in [6.07, 6.45) is 0.253. The van der Waals surface area contributed by atoms with Crippen molar-refractivity contribution in [2.75, 3.05) is 13.7 Å². The van der Waals surface area contributed by atoms with Gasteiger partial charge < -0.3 is 15.0 Å². The molecule has 0 saturated heterocycles. The lowest BCUT2D eigenvalue weighted by Crippen LogP contribution is -2.33. The smallest absolute Gasteiger partial charge is 0.222 e. The summed E-state index contributed by atoms with van der Waals surface area (Å²) in [5, 5.41) is 3.52. The van der Waals surface area contributed by atoms with Crippen LogP contribution < -0.4 is 10.1 Å². The molecule has 0 aromatic heterocycles. The Hall–Kier alpha value is -2.53. The van der Waals surface area contributed by atoms with Crippen molar-refractivity contribution in [2.24, 2.45) is 0 Å². The highest BCUT2D eigenvalue weighted by Gasteiger charge is 2.12. The van der Waals surface area contributed by atoms with Gasteiger partial charge in [0, 0.05) is 38.0 Å². The fourth-order valence-electron chi connectivity index (χ4n) is 2.43. The third kappa shape index (κ3) is 6.41. The number of carbonyl (C=O) groups is 2. The fourth-order valence-corrected chi connectivity index (χ4v) is 2.55. The zero-order chi connectivity index (χ0) is 18.9. The summed E-state index contributed by atoms with van der Waals surface area (Å²) in [5.41, 5.74) is 1.96. The topological polar surface area (TPSA) is 58.6 Å². The second kappa shape index (κ2) is 9.82. The van der Waals surface area contributed by atoms with Crippen molar-refractivity contribution in [1.82, 2.24) is 10.2 Å². The Bertz CT molecular complexity index is 730. The van der Waals surface area contributed by atoms with Crippen LogP contribution in [0.25, 0.3) is 0 Å². The average molecular weight is 375 g/mol. The van der Waals surface area contributed by atoms with Gasteiger partial charge in [-0.05, 0) is 35.4 Å². The van der Waals surface area contributed by atoms with E-state index in [1.165, 1.54) is 6.92 Å². The van der Waals surface area contributed by atoms with Crippen LogP contribution >= 0.6 is 11.6 Å². The van der Waals surface area contributed by atoms with E-state index >= 15 is 0 Å². The van der Waals surface area contributed by atoms with Gasteiger partial charge in [-0.1, -0.05) is 35.9 Å². The van der Waals surface area contributed by atoms with Crippen molar-refractivity contribution in [3.05, 3.63) is 64.7 Å². The van der Waals surface area contributed by atoms with E-state index in [0.717, 1.165) is 16.9 Å². The molecule has 0 heterocycles. The van der Waals surface area contributed by atoms with E-state index < -0.39 is 0 Å². The molecule has 0 radical (unpaired) electrons. The number of amides is 2. The number of methoxy groups -OCH3 is 1. The van der Waals surface area contributed by atoms with Crippen molar-refractivity contribution in [3.63, 3.8) is 0 Å². The Morgan fingerprint density at radius 1 is 1.04 bits per heavy atom. The van der Waals surface area contributed by atoms with E-state index in [4.69, 9.17) is 16.3 Å². The minimum Gasteiger partial charge on any atom is -0.497 e. The molecule has 0 bridgehead atoms. The van der Waals surface area contributed by atoms with Crippen LogP contribution in [-0.2, 0) is 22.7 Å². The van der Waals surface area contributed by atoms with E-state index in [1.807, 2.05) is 36.4 Å². The Labute approximate surface area is 158 Å². The molecule has 0 saturated carbocycles. The highest BCUT2D eigenvalue weighted by molar-refractivity contribution is 6.30. The van der Waals surface area contributed by atoms with Gasteiger partial charge in [0.1, 0.15) is 5.75 Å². The molecule has 2 amide bonds. The summed E-state index contributed by atoms with van der Waals surface area (Å²) >= 11 is 5.84. The maximum atomic E-state index is 12.1. The molecular weight excluding hydrogens is 352 g/mol. The molecule has 138 valence electrons. The second-order valence-electron chi connectivity index (χ2n) is 5.94. The molecule has 0 aliphatic rings. The first-order valence-electron chi connectivity index (χ1n) is 8.37. The zero-order valence-electron chi connectivity index (χ0n) is 15.0.